The standard InChI is InChI=1S/C21H25Cl2N3O/c1-6-13(7-2)15-8-9-17(27-5)19-20(15)26(4)21(25-19)24-18-12(3)10-14(22)11-16(18)23/h8-11,13H,6-7H2,1-5H3,(H,24,25). The van der Waals surface area contributed by atoms with E-state index in [1.807, 2.05) is 26.1 Å². The van der Waals surface area contributed by atoms with Crippen LogP contribution in [0.15, 0.2) is 24.3 Å². The molecule has 3 rings (SSSR count). The summed E-state index contributed by atoms with van der Waals surface area (Å²) < 4.78 is 7.64. The molecule has 0 radical (unpaired) electrons. The number of benzene rings is 2. The van der Waals surface area contributed by atoms with E-state index in [1.165, 1.54) is 5.56 Å². The van der Waals surface area contributed by atoms with Gasteiger partial charge in [0.2, 0.25) is 5.95 Å². The number of halogens is 2. The molecule has 0 amide bonds. The average molecular weight is 406 g/mol. The number of hydrogen-bond acceptors (Lipinski definition) is 3. The highest BCUT2D eigenvalue weighted by molar-refractivity contribution is 6.36. The van der Waals surface area contributed by atoms with E-state index in [4.69, 9.17) is 32.9 Å². The number of anilines is 2. The lowest BCUT2D eigenvalue weighted by Gasteiger charge is -2.16. The van der Waals surface area contributed by atoms with Gasteiger partial charge in [0.1, 0.15) is 11.3 Å². The fourth-order valence-corrected chi connectivity index (χ4v) is 4.27. The molecule has 0 spiro atoms. The zero-order valence-electron chi connectivity index (χ0n) is 16.4. The van der Waals surface area contributed by atoms with E-state index in [0.717, 1.165) is 40.9 Å². The summed E-state index contributed by atoms with van der Waals surface area (Å²) in [5.41, 5.74) is 5.01. The van der Waals surface area contributed by atoms with Crippen molar-refractivity contribution in [3.63, 3.8) is 0 Å². The van der Waals surface area contributed by atoms with Gasteiger partial charge in [0.15, 0.2) is 0 Å². The zero-order chi connectivity index (χ0) is 19.7. The van der Waals surface area contributed by atoms with Crippen LogP contribution in [0.2, 0.25) is 10.0 Å². The molecule has 1 N–H and O–H groups in total. The highest BCUT2D eigenvalue weighted by atomic mass is 35.5. The van der Waals surface area contributed by atoms with Crippen LogP contribution in [-0.4, -0.2) is 16.7 Å². The number of aryl methyl sites for hydroxylation is 2. The lowest BCUT2D eigenvalue weighted by atomic mass is 9.92. The van der Waals surface area contributed by atoms with Crippen molar-refractivity contribution in [1.82, 2.24) is 9.55 Å². The third-order valence-corrected chi connectivity index (χ3v) is 5.67. The quantitative estimate of drug-likeness (QED) is 0.487. The molecule has 1 heterocycles. The first-order valence-electron chi connectivity index (χ1n) is 9.17. The minimum atomic E-state index is 0.475. The van der Waals surface area contributed by atoms with E-state index < -0.39 is 0 Å². The highest BCUT2D eigenvalue weighted by Crippen LogP contribution is 2.38. The van der Waals surface area contributed by atoms with Crippen molar-refractivity contribution in [3.8, 4) is 5.75 Å². The zero-order valence-corrected chi connectivity index (χ0v) is 17.9. The molecule has 0 unspecified atom stereocenters. The Morgan fingerprint density at radius 3 is 2.48 bits per heavy atom. The number of imidazole rings is 1. The summed E-state index contributed by atoms with van der Waals surface area (Å²) in [5, 5.41) is 4.57. The van der Waals surface area contributed by atoms with Gasteiger partial charge in [0.25, 0.3) is 0 Å². The molecule has 3 aromatic rings. The first-order valence-corrected chi connectivity index (χ1v) is 9.92. The average Bonchev–Trinajstić information content (AvgIpc) is 2.96. The van der Waals surface area contributed by atoms with Crippen molar-refractivity contribution in [2.45, 2.75) is 39.5 Å². The van der Waals surface area contributed by atoms with Gasteiger partial charge in [-0.15, -0.1) is 0 Å². The highest BCUT2D eigenvalue weighted by Gasteiger charge is 2.20. The molecule has 0 aliphatic carbocycles. The summed E-state index contributed by atoms with van der Waals surface area (Å²) >= 11 is 12.5. The summed E-state index contributed by atoms with van der Waals surface area (Å²) in [7, 11) is 3.69. The van der Waals surface area contributed by atoms with Gasteiger partial charge in [-0.25, -0.2) is 4.98 Å². The minimum Gasteiger partial charge on any atom is -0.494 e. The van der Waals surface area contributed by atoms with Crippen LogP contribution in [0.5, 0.6) is 5.75 Å². The lowest BCUT2D eigenvalue weighted by Crippen LogP contribution is -2.04. The molecule has 1 aromatic heterocycles. The summed E-state index contributed by atoms with van der Waals surface area (Å²) in [6.07, 6.45) is 2.15. The SMILES string of the molecule is CCC(CC)c1ccc(OC)c2nc(Nc3c(C)cc(Cl)cc3Cl)n(C)c12. The van der Waals surface area contributed by atoms with Crippen molar-refractivity contribution < 1.29 is 4.74 Å². The fraction of sp³-hybridized carbons (Fsp3) is 0.381. The largest absolute Gasteiger partial charge is 0.494 e. The van der Waals surface area contributed by atoms with Crippen LogP contribution in [0.3, 0.4) is 0 Å². The van der Waals surface area contributed by atoms with E-state index in [-0.39, 0.29) is 0 Å². The van der Waals surface area contributed by atoms with Crippen molar-refractivity contribution in [2.24, 2.45) is 7.05 Å². The Labute approximate surface area is 170 Å². The van der Waals surface area contributed by atoms with Crippen molar-refractivity contribution in [1.29, 1.82) is 0 Å². The Kier molecular flexibility index (Phi) is 5.87. The smallest absolute Gasteiger partial charge is 0.208 e. The third-order valence-electron chi connectivity index (χ3n) is 5.15. The summed E-state index contributed by atoms with van der Waals surface area (Å²) in [6, 6.07) is 7.78. The maximum atomic E-state index is 6.41. The molecule has 144 valence electrons. The number of nitrogens with zero attached hydrogens (tertiary/aromatic N) is 2. The van der Waals surface area contributed by atoms with E-state index in [1.54, 1.807) is 13.2 Å². The normalized spacial score (nSPS) is 11.4. The lowest BCUT2D eigenvalue weighted by molar-refractivity contribution is 0.418. The van der Waals surface area contributed by atoms with Gasteiger partial charge >= 0.3 is 0 Å². The van der Waals surface area contributed by atoms with Gasteiger partial charge in [-0.3, -0.25) is 0 Å². The second-order valence-corrected chi connectivity index (χ2v) is 7.61. The van der Waals surface area contributed by atoms with Crippen molar-refractivity contribution in [3.05, 3.63) is 45.4 Å². The van der Waals surface area contributed by atoms with Gasteiger partial charge in [0, 0.05) is 12.1 Å². The van der Waals surface area contributed by atoms with Crippen LogP contribution < -0.4 is 10.1 Å². The maximum Gasteiger partial charge on any atom is 0.208 e. The number of nitrogens with one attached hydrogen (secondary N) is 1. The number of rotatable bonds is 6. The Morgan fingerprint density at radius 2 is 1.89 bits per heavy atom. The molecule has 0 aliphatic rings. The van der Waals surface area contributed by atoms with E-state index in [2.05, 4.69) is 29.8 Å². The molecule has 6 heteroatoms. The van der Waals surface area contributed by atoms with Gasteiger partial charge in [-0.1, -0.05) is 43.1 Å². The number of fused-ring (bicyclic) bond motifs is 1. The second-order valence-electron chi connectivity index (χ2n) is 6.77. The van der Waals surface area contributed by atoms with E-state index in [9.17, 15) is 0 Å². The number of methoxy groups -OCH3 is 1. The van der Waals surface area contributed by atoms with E-state index in [0.29, 0.717) is 21.9 Å². The van der Waals surface area contributed by atoms with Crippen molar-refractivity contribution in [2.75, 3.05) is 12.4 Å². The van der Waals surface area contributed by atoms with Crippen LogP contribution in [-0.2, 0) is 7.05 Å². The van der Waals surface area contributed by atoms with Crippen molar-refractivity contribution >= 4 is 45.9 Å². The molecule has 0 atom stereocenters. The predicted octanol–water partition coefficient (Wildman–Crippen LogP) is 6.84. The molecule has 2 aromatic carbocycles. The van der Waals surface area contributed by atoms with Gasteiger partial charge in [-0.05, 0) is 55.0 Å². The number of aromatic nitrogens is 2. The first-order chi connectivity index (χ1) is 12.9. The molecule has 0 saturated heterocycles. The molecule has 0 fully saturated rings. The maximum absolute atomic E-state index is 6.41. The summed E-state index contributed by atoms with van der Waals surface area (Å²) in [5.74, 6) is 1.96. The molecular formula is C21H25Cl2N3O. The molecule has 0 saturated carbocycles. The molecule has 4 nitrogen and oxygen atoms in total. The molecule has 0 aliphatic heterocycles. The number of hydrogen-bond donors (Lipinski definition) is 1. The number of ether oxygens (including phenoxy) is 1. The third kappa shape index (κ3) is 3.61. The van der Waals surface area contributed by atoms with Gasteiger partial charge in [0.05, 0.1) is 23.3 Å². The van der Waals surface area contributed by atoms with E-state index >= 15 is 0 Å². The van der Waals surface area contributed by atoms with Crippen LogP contribution in [0.25, 0.3) is 11.0 Å². The molecule has 27 heavy (non-hydrogen) atoms. The van der Waals surface area contributed by atoms with Gasteiger partial charge < -0.3 is 14.6 Å². The summed E-state index contributed by atoms with van der Waals surface area (Å²) in [4.78, 5) is 4.83. The molecular weight excluding hydrogens is 381 g/mol. The minimum absolute atomic E-state index is 0.475. The van der Waals surface area contributed by atoms with Gasteiger partial charge in [-0.2, -0.15) is 0 Å². The topological polar surface area (TPSA) is 39.1 Å². The second kappa shape index (κ2) is 7.99. The Morgan fingerprint density at radius 1 is 1.19 bits per heavy atom. The Hall–Kier alpha value is -1.91. The van der Waals surface area contributed by atoms with Crippen LogP contribution >= 0.6 is 23.2 Å². The van der Waals surface area contributed by atoms with Crippen LogP contribution in [0, 0.1) is 6.92 Å². The molecule has 0 bridgehead atoms. The fourth-order valence-electron chi connectivity index (χ4n) is 3.63. The monoisotopic (exact) mass is 405 g/mol. The first kappa shape index (κ1) is 19.8. The van der Waals surface area contributed by atoms with Crippen LogP contribution in [0.4, 0.5) is 11.6 Å². The summed E-state index contributed by atoms with van der Waals surface area (Å²) in [6.45, 7) is 6.41. The predicted molar refractivity (Wildman–Crippen MR) is 115 cm³/mol. The van der Waals surface area contributed by atoms with Crippen LogP contribution in [0.1, 0.15) is 43.7 Å². The Bertz CT molecular complexity index is 954. The Balaban J connectivity index is 2.18.